The van der Waals surface area contributed by atoms with Gasteiger partial charge in [-0.1, -0.05) is 34.8 Å². The number of ether oxygens (including phenoxy) is 2. The number of benzene rings is 2. The van der Waals surface area contributed by atoms with E-state index in [1.54, 1.807) is 24.3 Å². The molecule has 120 valence electrons. The maximum absolute atomic E-state index is 11.9. The van der Waals surface area contributed by atoms with Crippen molar-refractivity contribution in [3.05, 3.63) is 63.1 Å². The van der Waals surface area contributed by atoms with E-state index in [4.69, 9.17) is 44.3 Å². The molecule has 0 fully saturated rings. The van der Waals surface area contributed by atoms with Crippen molar-refractivity contribution in [2.75, 3.05) is 13.2 Å². The maximum Gasteiger partial charge on any atom is 0.344 e. The van der Waals surface area contributed by atoms with Crippen LogP contribution in [0.25, 0.3) is 0 Å². The molecule has 2 rings (SSSR count). The predicted molar refractivity (Wildman–Crippen MR) is 88.7 cm³/mol. The first-order valence-electron chi connectivity index (χ1n) is 6.48. The second kappa shape index (κ2) is 8.20. The number of rotatable bonds is 6. The van der Waals surface area contributed by atoms with Crippen LogP contribution in [0.4, 0.5) is 0 Å². The van der Waals surface area contributed by atoms with Gasteiger partial charge in [0.25, 0.3) is 0 Å². The van der Waals surface area contributed by atoms with Gasteiger partial charge in [-0.2, -0.15) is 0 Å². The average Bonchev–Trinajstić information content (AvgIpc) is 2.54. The first-order valence-corrected chi connectivity index (χ1v) is 7.61. The van der Waals surface area contributed by atoms with E-state index in [2.05, 4.69) is 0 Å². The number of hydrogen-bond donors (Lipinski definition) is 0. The zero-order valence-corrected chi connectivity index (χ0v) is 14.0. The number of esters is 1. The van der Waals surface area contributed by atoms with Crippen molar-refractivity contribution in [2.24, 2.45) is 0 Å². The van der Waals surface area contributed by atoms with E-state index in [9.17, 15) is 9.59 Å². The normalized spacial score (nSPS) is 10.2. The summed E-state index contributed by atoms with van der Waals surface area (Å²) >= 11 is 17.3. The molecule has 0 atom stereocenters. The third-order valence-electron chi connectivity index (χ3n) is 2.78. The summed E-state index contributed by atoms with van der Waals surface area (Å²) in [6.45, 7) is -0.711. The van der Waals surface area contributed by atoms with E-state index in [-0.39, 0.29) is 17.4 Å². The van der Waals surface area contributed by atoms with Crippen LogP contribution in [-0.2, 0) is 9.53 Å². The van der Waals surface area contributed by atoms with E-state index in [1.807, 2.05) is 0 Å². The molecule has 2 aromatic carbocycles. The Balaban J connectivity index is 1.80. The van der Waals surface area contributed by atoms with Gasteiger partial charge in [-0.15, -0.1) is 0 Å². The molecule has 0 aromatic heterocycles. The van der Waals surface area contributed by atoms with Crippen LogP contribution in [0.3, 0.4) is 0 Å². The second-order valence-corrected chi connectivity index (χ2v) is 5.71. The number of hydrogen-bond acceptors (Lipinski definition) is 4. The van der Waals surface area contributed by atoms with Crippen molar-refractivity contribution >= 4 is 46.6 Å². The number of carbonyl (C=O) groups is 2. The van der Waals surface area contributed by atoms with E-state index in [1.165, 1.54) is 18.2 Å². The zero-order valence-electron chi connectivity index (χ0n) is 11.7. The minimum absolute atomic E-state index is 0.259. The van der Waals surface area contributed by atoms with Gasteiger partial charge < -0.3 is 9.47 Å². The molecule has 0 N–H and O–H groups in total. The Hall–Kier alpha value is -1.75. The molecule has 0 saturated carbocycles. The first kappa shape index (κ1) is 17.6. The maximum atomic E-state index is 11.9. The fraction of sp³-hybridized carbons (Fsp3) is 0.125. The fourth-order valence-electron chi connectivity index (χ4n) is 1.61. The molecule has 0 aliphatic rings. The van der Waals surface area contributed by atoms with Crippen LogP contribution < -0.4 is 4.74 Å². The van der Waals surface area contributed by atoms with E-state index >= 15 is 0 Å². The third-order valence-corrected chi connectivity index (χ3v) is 3.77. The van der Waals surface area contributed by atoms with Crippen molar-refractivity contribution in [1.82, 2.24) is 0 Å². The van der Waals surface area contributed by atoms with Crippen LogP contribution in [0.2, 0.25) is 15.1 Å². The standard InChI is InChI=1S/C16H11Cl3O4/c17-11-2-4-12(5-3-11)22-9-16(21)23-8-15(20)10-1-6-13(18)14(19)7-10/h1-7H,8-9H2. The largest absolute Gasteiger partial charge is 0.482 e. The summed E-state index contributed by atoms with van der Waals surface area (Å²) in [5, 5.41) is 1.17. The lowest BCUT2D eigenvalue weighted by atomic mass is 10.1. The molecular weight excluding hydrogens is 363 g/mol. The second-order valence-electron chi connectivity index (χ2n) is 4.46. The van der Waals surface area contributed by atoms with Crippen LogP contribution in [0.15, 0.2) is 42.5 Å². The van der Waals surface area contributed by atoms with Gasteiger partial charge in [-0.25, -0.2) is 4.79 Å². The Bertz CT molecular complexity index is 714. The molecule has 7 heteroatoms. The topological polar surface area (TPSA) is 52.6 Å². The smallest absolute Gasteiger partial charge is 0.344 e. The van der Waals surface area contributed by atoms with E-state index < -0.39 is 12.6 Å². The van der Waals surface area contributed by atoms with Gasteiger partial charge in [0.1, 0.15) is 5.75 Å². The van der Waals surface area contributed by atoms with E-state index in [0.717, 1.165) is 0 Å². The number of ketones is 1. The van der Waals surface area contributed by atoms with Gasteiger partial charge in [0.05, 0.1) is 10.0 Å². The molecule has 0 saturated heterocycles. The minimum Gasteiger partial charge on any atom is -0.482 e. The Morgan fingerprint density at radius 2 is 1.57 bits per heavy atom. The van der Waals surface area contributed by atoms with Crippen LogP contribution in [0.1, 0.15) is 10.4 Å². The third kappa shape index (κ3) is 5.43. The highest BCUT2D eigenvalue weighted by atomic mass is 35.5. The summed E-state index contributed by atoms with van der Waals surface area (Å²) in [6.07, 6.45) is 0. The highest BCUT2D eigenvalue weighted by molar-refractivity contribution is 6.42. The Labute approximate surface area is 147 Å². The average molecular weight is 374 g/mol. The molecule has 0 radical (unpaired) electrons. The monoisotopic (exact) mass is 372 g/mol. The van der Waals surface area contributed by atoms with Crippen molar-refractivity contribution in [3.8, 4) is 5.75 Å². The summed E-state index contributed by atoms with van der Waals surface area (Å²) in [7, 11) is 0. The molecule has 0 unspecified atom stereocenters. The molecule has 0 aliphatic carbocycles. The Morgan fingerprint density at radius 1 is 0.870 bits per heavy atom. The van der Waals surface area contributed by atoms with Crippen LogP contribution in [-0.4, -0.2) is 25.0 Å². The van der Waals surface area contributed by atoms with Gasteiger partial charge in [0.2, 0.25) is 0 Å². The van der Waals surface area contributed by atoms with Crippen molar-refractivity contribution in [2.45, 2.75) is 0 Å². The highest BCUT2D eigenvalue weighted by Gasteiger charge is 2.12. The fourth-order valence-corrected chi connectivity index (χ4v) is 2.04. The summed E-state index contributed by atoms with van der Waals surface area (Å²) in [6, 6.07) is 10.9. The van der Waals surface area contributed by atoms with Gasteiger partial charge >= 0.3 is 5.97 Å². The van der Waals surface area contributed by atoms with Gasteiger partial charge in [0.15, 0.2) is 19.0 Å². The molecule has 0 bridgehead atoms. The van der Waals surface area contributed by atoms with Gasteiger partial charge in [-0.05, 0) is 42.5 Å². The van der Waals surface area contributed by atoms with Crippen LogP contribution in [0.5, 0.6) is 5.75 Å². The summed E-state index contributed by atoms with van der Waals surface area (Å²) in [5.74, 6) is -0.570. The SMILES string of the molecule is O=C(COc1ccc(Cl)cc1)OCC(=O)c1ccc(Cl)c(Cl)c1. The Kier molecular flexibility index (Phi) is 6.28. The Morgan fingerprint density at radius 3 is 2.22 bits per heavy atom. The number of halogens is 3. The van der Waals surface area contributed by atoms with Crippen molar-refractivity contribution in [1.29, 1.82) is 0 Å². The molecular formula is C16H11Cl3O4. The molecule has 2 aromatic rings. The first-order chi connectivity index (χ1) is 11.0. The predicted octanol–water partition coefficient (Wildman–Crippen LogP) is 4.45. The number of carbonyl (C=O) groups excluding carboxylic acids is 2. The van der Waals surface area contributed by atoms with Gasteiger partial charge in [0, 0.05) is 10.6 Å². The lowest BCUT2D eigenvalue weighted by molar-refractivity contribution is -0.144. The summed E-state index contributed by atoms with van der Waals surface area (Å²) in [4.78, 5) is 23.5. The lowest BCUT2D eigenvalue weighted by Gasteiger charge is -2.07. The molecule has 0 heterocycles. The minimum atomic E-state index is -0.659. The highest BCUT2D eigenvalue weighted by Crippen LogP contribution is 2.22. The van der Waals surface area contributed by atoms with Gasteiger partial charge in [-0.3, -0.25) is 4.79 Å². The molecule has 0 amide bonds. The molecule has 23 heavy (non-hydrogen) atoms. The van der Waals surface area contributed by atoms with Crippen LogP contribution in [0, 0.1) is 0 Å². The molecule has 0 spiro atoms. The summed E-state index contributed by atoms with van der Waals surface area (Å²) in [5.41, 5.74) is 0.311. The lowest BCUT2D eigenvalue weighted by Crippen LogP contribution is -2.19. The quantitative estimate of drug-likeness (QED) is 0.554. The van der Waals surface area contributed by atoms with Crippen molar-refractivity contribution in [3.63, 3.8) is 0 Å². The zero-order chi connectivity index (χ0) is 16.8. The molecule has 4 nitrogen and oxygen atoms in total. The van der Waals surface area contributed by atoms with Crippen molar-refractivity contribution < 1.29 is 19.1 Å². The summed E-state index contributed by atoms with van der Waals surface area (Å²) < 4.78 is 10.1. The van der Waals surface area contributed by atoms with Crippen LogP contribution >= 0.6 is 34.8 Å². The molecule has 0 aliphatic heterocycles. The van der Waals surface area contributed by atoms with E-state index in [0.29, 0.717) is 21.4 Å². The number of Topliss-reactive ketones (excluding diaryl/α,β-unsaturated/α-hetero) is 1.